The molecule has 5 heteroatoms. The molecular formula is C8H15N3O2. The van der Waals surface area contributed by atoms with Gasteiger partial charge in [-0.15, -0.1) is 0 Å². The minimum absolute atomic E-state index is 0.0195. The third kappa shape index (κ3) is 8.56. The Labute approximate surface area is 77.4 Å². The number of nitrogens with zero attached hydrogens (tertiary/aromatic N) is 1. The molecule has 0 radical (unpaired) electrons. The topological polar surface area (TPSA) is 84.5 Å². The zero-order valence-electron chi connectivity index (χ0n) is 7.75. The maximum Gasteiger partial charge on any atom is 0.312 e. The van der Waals surface area contributed by atoms with E-state index >= 15 is 0 Å². The first-order chi connectivity index (χ1) is 6.16. The van der Waals surface area contributed by atoms with Crippen LogP contribution in [-0.2, 0) is 4.79 Å². The summed E-state index contributed by atoms with van der Waals surface area (Å²) in [6, 6.07) is -0.481. The van der Waals surface area contributed by atoms with Gasteiger partial charge >= 0.3 is 6.03 Å². The number of nitrogens with two attached hydrogens (primary N) is 1. The fraction of sp³-hybridized carbons (Fsp3) is 0.750. The molecule has 1 unspecified atom stereocenters. The Morgan fingerprint density at radius 1 is 1.62 bits per heavy atom. The molecule has 0 aromatic carbocycles. The summed E-state index contributed by atoms with van der Waals surface area (Å²) in [6.45, 7) is 2.43. The van der Waals surface area contributed by atoms with Crippen LogP contribution in [0.5, 0.6) is 0 Å². The Bertz CT molecular complexity index is 200. The van der Waals surface area contributed by atoms with Gasteiger partial charge in [0.1, 0.15) is 0 Å². The van der Waals surface area contributed by atoms with Gasteiger partial charge in [-0.05, 0) is 26.2 Å². The quantitative estimate of drug-likeness (QED) is 0.360. The molecule has 0 aliphatic heterocycles. The summed E-state index contributed by atoms with van der Waals surface area (Å²) >= 11 is 0. The van der Waals surface area contributed by atoms with E-state index in [2.05, 4.69) is 10.3 Å². The zero-order valence-corrected chi connectivity index (χ0v) is 7.75. The van der Waals surface area contributed by atoms with E-state index in [0.717, 1.165) is 19.3 Å². The minimum atomic E-state index is -0.501. The fourth-order valence-electron chi connectivity index (χ4n) is 0.931. The molecule has 5 nitrogen and oxygen atoms in total. The lowest BCUT2D eigenvalue weighted by Gasteiger charge is -2.03. The lowest BCUT2D eigenvalue weighted by molar-refractivity contribution is 0.248. The standard InChI is InChI=1S/C8H15N3O2/c1-7(11-6-12)4-2-3-5-10-8(9)13/h7H,2-5H2,1H3,(H3,9,10,13). The van der Waals surface area contributed by atoms with Crippen molar-refractivity contribution in [3.05, 3.63) is 0 Å². The SMILES string of the molecule is CC(CCCCNC(N)=O)N=C=O. The fourth-order valence-corrected chi connectivity index (χ4v) is 0.931. The number of urea groups is 1. The maximum atomic E-state index is 10.2. The zero-order chi connectivity index (χ0) is 10.1. The number of carbonyl (C=O) groups excluding carboxylic acids is 2. The van der Waals surface area contributed by atoms with Crippen molar-refractivity contribution in [3.63, 3.8) is 0 Å². The molecule has 0 rings (SSSR count). The van der Waals surface area contributed by atoms with Crippen molar-refractivity contribution in [2.45, 2.75) is 32.2 Å². The van der Waals surface area contributed by atoms with Crippen LogP contribution in [0, 0.1) is 0 Å². The summed E-state index contributed by atoms with van der Waals surface area (Å²) in [5.41, 5.74) is 4.86. The Hall–Kier alpha value is -1.35. The molecule has 0 aliphatic rings. The second-order valence-electron chi connectivity index (χ2n) is 2.86. The normalized spacial score (nSPS) is 11.5. The van der Waals surface area contributed by atoms with E-state index < -0.39 is 6.03 Å². The van der Waals surface area contributed by atoms with Crippen LogP contribution in [-0.4, -0.2) is 24.7 Å². The summed E-state index contributed by atoms with van der Waals surface area (Å²) in [7, 11) is 0. The van der Waals surface area contributed by atoms with Crippen LogP contribution in [0.4, 0.5) is 4.79 Å². The third-order valence-corrected chi connectivity index (χ3v) is 1.62. The van der Waals surface area contributed by atoms with Gasteiger partial charge in [0.2, 0.25) is 6.08 Å². The summed E-state index contributed by atoms with van der Waals surface area (Å²) in [5, 5.41) is 2.48. The highest BCUT2D eigenvalue weighted by Gasteiger charge is 1.98. The average Bonchev–Trinajstić information content (AvgIpc) is 2.03. The molecule has 0 bridgehead atoms. The highest BCUT2D eigenvalue weighted by Crippen LogP contribution is 2.02. The molecule has 0 aromatic heterocycles. The molecule has 0 saturated carbocycles. The number of unbranched alkanes of at least 4 members (excludes halogenated alkanes) is 1. The smallest absolute Gasteiger partial charge is 0.312 e. The number of amides is 2. The first-order valence-electron chi connectivity index (χ1n) is 4.27. The van der Waals surface area contributed by atoms with Gasteiger partial charge in [0.15, 0.2) is 0 Å². The predicted octanol–water partition coefficient (Wildman–Crippen LogP) is 0.549. The van der Waals surface area contributed by atoms with Gasteiger partial charge in [-0.25, -0.2) is 14.6 Å². The number of hydrogen-bond acceptors (Lipinski definition) is 3. The number of primary amides is 1. The lowest BCUT2D eigenvalue weighted by atomic mass is 10.1. The number of hydrogen-bond donors (Lipinski definition) is 2. The Morgan fingerprint density at radius 3 is 2.85 bits per heavy atom. The summed E-state index contributed by atoms with van der Waals surface area (Å²) in [5.74, 6) is 0. The second kappa shape index (κ2) is 7.31. The number of rotatable bonds is 6. The minimum Gasteiger partial charge on any atom is -0.352 e. The van der Waals surface area contributed by atoms with Gasteiger partial charge < -0.3 is 11.1 Å². The van der Waals surface area contributed by atoms with Crippen molar-refractivity contribution in [2.75, 3.05) is 6.54 Å². The molecule has 13 heavy (non-hydrogen) atoms. The van der Waals surface area contributed by atoms with E-state index in [1.54, 1.807) is 0 Å². The van der Waals surface area contributed by atoms with Gasteiger partial charge in [-0.3, -0.25) is 0 Å². The van der Waals surface area contributed by atoms with Crippen LogP contribution in [0.25, 0.3) is 0 Å². The largest absolute Gasteiger partial charge is 0.352 e. The van der Waals surface area contributed by atoms with Gasteiger partial charge in [0, 0.05) is 6.54 Å². The first-order valence-corrected chi connectivity index (χ1v) is 4.27. The molecule has 0 aliphatic carbocycles. The highest BCUT2D eigenvalue weighted by molar-refractivity contribution is 5.71. The molecule has 74 valence electrons. The van der Waals surface area contributed by atoms with Crippen LogP contribution >= 0.6 is 0 Å². The monoisotopic (exact) mass is 185 g/mol. The second-order valence-corrected chi connectivity index (χ2v) is 2.86. The van der Waals surface area contributed by atoms with Gasteiger partial charge in [-0.2, -0.15) is 0 Å². The van der Waals surface area contributed by atoms with Crippen LogP contribution in [0.1, 0.15) is 26.2 Å². The lowest BCUT2D eigenvalue weighted by Crippen LogP contribution is -2.30. The van der Waals surface area contributed by atoms with Gasteiger partial charge in [-0.1, -0.05) is 0 Å². The molecule has 1 atom stereocenters. The van der Waals surface area contributed by atoms with Crippen LogP contribution in [0.2, 0.25) is 0 Å². The summed E-state index contributed by atoms with van der Waals surface area (Å²) < 4.78 is 0. The molecule has 3 N–H and O–H groups in total. The van der Waals surface area contributed by atoms with E-state index in [-0.39, 0.29) is 6.04 Å². The molecule has 0 heterocycles. The van der Waals surface area contributed by atoms with Crippen molar-refractivity contribution in [3.8, 4) is 0 Å². The van der Waals surface area contributed by atoms with Crippen molar-refractivity contribution in [1.82, 2.24) is 5.32 Å². The summed E-state index contributed by atoms with van der Waals surface area (Å²) in [6.07, 6.45) is 4.10. The Balaban J connectivity index is 3.25. The summed E-state index contributed by atoms with van der Waals surface area (Å²) in [4.78, 5) is 23.6. The van der Waals surface area contributed by atoms with E-state index in [9.17, 15) is 9.59 Å². The maximum absolute atomic E-state index is 10.2. The number of nitrogens with one attached hydrogen (secondary N) is 1. The highest BCUT2D eigenvalue weighted by atomic mass is 16.2. The van der Waals surface area contributed by atoms with E-state index in [4.69, 9.17) is 5.73 Å². The van der Waals surface area contributed by atoms with Crippen molar-refractivity contribution in [1.29, 1.82) is 0 Å². The van der Waals surface area contributed by atoms with Gasteiger partial charge in [0.05, 0.1) is 6.04 Å². The first kappa shape index (κ1) is 11.6. The molecule has 0 spiro atoms. The number of carbonyl (C=O) groups is 1. The number of aliphatic imine (C=N–C) groups is 1. The average molecular weight is 185 g/mol. The third-order valence-electron chi connectivity index (χ3n) is 1.62. The van der Waals surface area contributed by atoms with Crippen LogP contribution in [0.3, 0.4) is 0 Å². The van der Waals surface area contributed by atoms with E-state index in [1.807, 2.05) is 6.92 Å². The number of isocyanates is 1. The Morgan fingerprint density at radius 2 is 2.31 bits per heavy atom. The van der Waals surface area contributed by atoms with Crippen molar-refractivity contribution < 1.29 is 9.59 Å². The van der Waals surface area contributed by atoms with Gasteiger partial charge in [0.25, 0.3) is 0 Å². The molecule has 0 saturated heterocycles. The van der Waals surface area contributed by atoms with Crippen molar-refractivity contribution in [2.24, 2.45) is 10.7 Å². The van der Waals surface area contributed by atoms with Crippen molar-refractivity contribution >= 4 is 12.1 Å². The molecule has 0 fully saturated rings. The Kier molecular flexibility index (Phi) is 6.55. The molecule has 0 aromatic rings. The molecule has 2 amide bonds. The van der Waals surface area contributed by atoms with E-state index in [1.165, 1.54) is 6.08 Å². The predicted molar refractivity (Wildman–Crippen MR) is 49.0 cm³/mol. The van der Waals surface area contributed by atoms with E-state index in [0.29, 0.717) is 6.54 Å². The van der Waals surface area contributed by atoms with Crippen LogP contribution < -0.4 is 11.1 Å². The molecular weight excluding hydrogens is 170 g/mol. The van der Waals surface area contributed by atoms with Crippen LogP contribution in [0.15, 0.2) is 4.99 Å².